The van der Waals surface area contributed by atoms with Crippen molar-refractivity contribution in [2.24, 2.45) is 0 Å². The monoisotopic (exact) mass is 292 g/mol. The quantitative estimate of drug-likeness (QED) is 0.564. The Morgan fingerprint density at radius 1 is 1.10 bits per heavy atom. The van der Waals surface area contributed by atoms with Crippen molar-refractivity contribution in [2.45, 2.75) is 75.6 Å². The van der Waals surface area contributed by atoms with Crippen LogP contribution in [0.4, 0.5) is 0 Å². The van der Waals surface area contributed by atoms with Crippen molar-refractivity contribution in [3.63, 3.8) is 0 Å². The molecule has 2 nitrogen and oxygen atoms in total. The van der Waals surface area contributed by atoms with Crippen LogP contribution in [0.25, 0.3) is 0 Å². The van der Waals surface area contributed by atoms with E-state index in [9.17, 15) is 0 Å². The number of rotatable bonds is 3. The highest BCUT2D eigenvalue weighted by Crippen LogP contribution is 2.28. The number of allylic oxidation sites excluding steroid dienone is 2. The molecule has 3 heteroatoms. The largest absolute Gasteiger partial charge is 0.269 e. The van der Waals surface area contributed by atoms with Crippen molar-refractivity contribution in [1.29, 1.82) is 0 Å². The van der Waals surface area contributed by atoms with Crippen LogP contribution in [0.15, 0.2) is 23.9 Å². The van der Waals surface area contributed by atoms with Gasteiger partial charge in [-0.2, -0.15) is 5.10 Å². The van der Waals surface area contributed by atoms with Gasteiger partial charge in [-0.05, 0) is 38.2 Å². The Morgan fingerprint density at radius 2 is 1.90 bits per heavy atom. The van der Waals surface area contributed by atoms with E-state index in [0.717, 1.165) is 12.8 Å². The lowest BCUT2D eigenvalue weighted by atomic mass is 9.96. The highest BCUT2D eigenvalue weighted by Gasteiger charge is 2.17. The van der Waals surface area contributed by atoms with Crippen molar-refractivity contribution >= 4 is 11.6 Å². The maximum absolute atomic E-state index is 6.31. The lowest BCUT2D eigenvalue weighted by Crippen LogP contribution is -2.13. The van der Waals surface area contributed by atoms with Gasteiger partial charge in [0, 0.05) is 12.6 Å². The zero-order chi connectivity index (χ0) is 13.8. The van der Waals surface area contributed by atoms with E-state index in [4.69, 9.17) is 16.7 Å². The zero-order valence-corrected chi connectivity index (χ0v) is 13.0. The Morgan fingerprint density at radius 3 is 2.75 bits per heavy atom. The summed E-state index contributed by atoms with van der Waals surface area (Å²) in [6, 6.07) is 2.84. The number of hydrogen-bond donors (Lipinski definition) is 0. The Balaban J connectivity index is 1.64. The van der Waals surface area contributed by atoms with Crippen molar-refractivity contribution in [3.05, 3.63) is 29.6 Å². The average Bonchev–Trinajstić information content (AvgIpc) is 2.83. The summed E-state index contributed by atoms with van der Waals surface area (Å²) in [4.78, 5) is 0. The standard InChI is InChI=1S/C17H25ClN2/c18-15-7-5-4-6-14(12-15)13-16-10-11-20(19-16)17-8-2-1-3-9-17/h10-12,15,17H,1-9,13H2. The number of halogens is 1. The molecule has 0 saturated heterocycles. The van der Waals surface area contributed by atoms with Crippen molar-refractivity contribution < 1.29 is 0 Å². The molecule has 1 fully saturated rings. The lowest BCUT2D eigenvalue weighted by Gasteiger charge is -2.21. The summed E-state index contributed by atoms with van der Waals surface area (Å²) >= 11 is 6.31. The van der Waals surface area contributed by atoms with Gasteiger partial charge in [0.2, 0.25) is 0 Å². The van der Waals surface area contributed by atoms with Crippen LogP contribution in [0.5, 0.6) is 0 Å². The predicted octanol–water partition coefficient (Wildman–Crippen LogP) is 5.04. The molecule has 1 heterocycles. The number of nitrogens with zero attached hydrogens (tertiary/aromatic N) is 2. The average molecular weight is 293 g/mol. The molecular weight excluding hydrogens is 268 g/mol. The van der Waals surface area contributed by atoms with E-state index < -0.39 is 0 Å². The molecule has 2 aliphatic rings. The fourth-order valence-electron chi connectivity index (χ4n) is 3.51. The molecule has 0 bridgehead atoms. The zero-order valence-electron chi connectivity index (χ0n) is 12.2. The van der Waals surface area contributed by atoms with Crippen LogP contribution in [0.1, 0.15) is 69.5 Å². The molecule has 0 spiro atoms. The lowest BCUT2D eigenvalue weighted by molar-refractivity contribution is 0.328. The van der Waals surface area contributed by atoms with Gasteiger partial charge < -0.3 is 0 Å². The molecule has 110 valence electrons. The first-order valence-electron chi connectivity index (χ1n) is 8.19. The molecule has 1 unspecified atom stereocenters. The van der Waals surface area contributed by atoms with E-state index in [2.05, 4.69) is 23.0 Å². The normalized spacial score (nSPS) is 25.2. The topological polar surface area (TPSA) is 17.8 Å². The van der Waals surface area contributed by atoms with E-state index in [1.54, 1.807) is 0 Å². The van der Waals surface area contributed by atoms with E-state index in [0.29, 0.717) is 6.04 Å². The molecule has 0 aliphatic heterocycles. The Kier molecular flexibility index (Phi) is 4.82. The number of hydrogen-bond acceptors (Lipinski definition) is 1. The summed E-state index contributed by atoms with van der Waals surface area (Å²) in [6.07, 6.45) is 17.0. The summed E-state index contributed by atoms with van der Waals surface area (Å²) in [5.41, 5.74) is 2.70. The summed E-state index contributed by atoms with van der Waals surface area (Å²) in [5.74, 6) is 0. The van der Waals surface area contributed by atoms with Crippen LogP contribution >= 0.6 is 11.6 Å². The van der Waals surface area contributed by atoms with Gasteiger partial charge in [-0.1, -0.05) is 37.3 Å². The Labute approximate surface area is 127 Å². The Bertz CT molecular complexity index is 457. The van der Waals surface area contributed by atoms with Gasteiger partial charge in [0.15, 0.2) is 0 Å². The van der Waals surface area contributed by atoms with Crippen LogP contribution in [-0.2, 0) is 6.42 Å². The van der Waals surface area contributed by atoms with E-state index >= 15 is 0 Å². The molecule has 0 amide bonds. The summed E-state index contributed by atoms with van der Waals surface area (Å²) in [5, 5.41) is 5.05. The van der Waals surface area contributed by atoms with Gasteiger partial charge in [0.25, 0.3) is 0 Å². The number of aromatic nitrogens is 2. The SMILES string of the molecule is ClC1C=C(Cc2ccn(C3CCCCC3)n2)CCCC1. The highest BCUT2D eigenvalue weighted by atomic mass is 35.5. The van der Waals surface area contributed by atoms with Gasteiger partial charge in [0.05, 0.1) is 17.1 Å². The molecule has 1 aromatic heterocycles. The van der Waals surface area contributed by atoms with E-state index in [1.807, 2.05) is 0 Å². The minimum Gasteiger partial charge on any atom is -0.269 e. The maximum atomic E-state index is 6.31. The van der Waals surface area contributed by atoms with Crippen LogP contribution in [-0.4, -0.2) is 15.2 Å². The minimum absolute atomic E-state index is 0.230. The van der Waals surface area contributed by atoms with Crippen LogP contribution in [0.2, 0.25) is 0 Å². The summed E-state index contributed by atoms with van der Waals surface area (Å²) < 4.78 is 2.21. The molecule has 20 heavy (non-hydrogen) atoms. The van der Waals surface area contributed by atoms with Crippen molar-refractivity contribution in [1.82, 2.24) is 9.78 Å². The maximum Gasteiger partial charge on any atom is 0.0665 e. The molecule has 1 aromatic rings. The van der Waals surface area contributed by atoms with Crippen LogP contribution in [0, 0.1) is 0 Å². The molecule has 1 saturated carbocycles. The van der Waals surface area contributed by atoms with Crippen LogP contribution in [0.3, 0.4) is 0 Å². The first-order chi connectivity index (χ1) is 9.81. The van der Waals surface area contributed by atoms with E-state index in [-0.39, 0.29) is 5.38 Å². The summed E-state index contributed by atoms with van der Waals surface area (Å²) in [7, 11) is 0. The predicted molar refractivity (Wildman–Crippen MR) is 84.2 cm³/mol. The summed E-state index contributed by atoms with van der Waals surface area (Å²) in [6.45, 7) is 0. The second kappa shape index (κ2) is 6.80. The van der Waals surface area contributed by atoms with E-state index in [1.165, 1.54) is 62.6 Å². The van der Waals surface area contributed by atoms with Gasteiger partial charge in [0.1, 0.15) is 0 Å². The second-order valence-corrected chi connectivity index (χ2v) is 6.90. The van der Waals surface area contributed by atoms with Crippen LogP contribution < -0.4 is 0 Å². The molecule has 3 rings (SSSR count). The van der Waals surface area contributed by atoms with Gasteiger partial charge >= 0.3 is 0 Å². The van der Waals surface area contributed by atoms with Gasteiger partial charge in [-0.3, -0.25) is 4.68 Å². The minimum atomic E-state index is 0.230. The molecule has 2 aliphatic carbocycles. The van der Waals surface area contributed by atoms with Gasteiger partial charge in [-0.15, -0.1) is 11.6 Å². The molecular formula is C17H25ClN2. The number of alkyl halides is 1. The van der Waals surface area contributed by atoms with Crippen molar-refractivity contribution in [3.8, 4) is 0 Å². The van der Waals surface area contributed by atoms with Crippen molar-refractivity contribution in [2.75, 3.05) is 0 Å². The first-order valence-corrected chi connectivity index (χ1v) is 8.62. The molecule has 1 atom stereocenters. The van der Waals surface area contributed by atoms with Gasteiger partial charge in [-0.25, -0.2) is 0 Å². The third-order valence-corrected chi connectivity index (χ3v) is 5.01. The first kappa shape index (κ1) is 14.2. The fraction of sp³-hybridized carbons (Fsp3) is 0.706. The Hall–Kier alpha value is -0.760. The smallest absolute Gasteiger partial charge is 0.0665 e. The third kappa shape index (κ3) is 3.66. The fourth-order valence-corrected chi connectivity index (χ4v) is 3.85. The highest BCUT2D eigenvalue weighted by molar-refractivity contribution is 6.21. The molecule has 0 radical (unpaired) electrons. The third-order valence-electron chi connectivity index (χ3n) is 4.66. The second-order valence-electron chi connectivity index (χ2n) is 6.34. The molecule has 0 aromatic carbocycles. The molecule has 0 N–H and O–H groups in total.